The van der Waals surface area contributed by atoms with Crippen molar-refractivity contribution in [1.29, 1.82) is 5.26 Å². The highest BCUT2D eigenvalue weighted by Crippen LogP contribution is 2.48. The van der Waals surface area contributed by atoms with Crippen LogP contribution in [0, 0.1) is 34.5 Å². The third-order valence-electron chi connectivity index (χ3n) is 4.95. The van der Waals surface area contributed by atoms with Gasteiger partial charge >= 0.3 is 0 Å². The van der Waals surface area contributed by atoms with Crippen molar-refractivity contribution in [3.8, 4) is 6.07 Å². The van der Waals surface area contributed by atoms with E-state index in [-0.39, 0.29) is 5.91 Å². The van der Waals surface area contributed by atoms with Gasteiger partial charge in [0.25, 0.3) is 0 Å². The van der Waals surface area contributed by atoms with Crippen molar-refractivity contribution in [2.24, 2.45) is 23.2 Å². The Morgan fingerprint density at radius 1 is 1.26 bits per heavy atom. The molecule has 0 aromatic heterocycles. The molecule has 1 amide bonds. The third kappa shape index (κ3) is 2.76. The molecule has 2 saturated carbocycles. The highest BCUT2D eigenvalue weighted by atomic mass is 16.5. The van der Waals surface area contributed by atoms with E-state index >= 15 is 0 Å². The molecule has 1 aliphatic heterocycles. The summed E-state index contributed by atoms with van der Waals surface area (Å²) in [5, 5.41) is 12.4. The molecular weight excluding hydrogens is 240 g/mol. The van der Waals surface area contributed by atoms with Crippen molar-refractivity contribution in [2.45, 2.75) is 38.5 Å². The van der Waals surface area contributed by atoms with Crippen LogP contribution in [0.2, 0.25) is 0 Å². The van der Waals surface area contributed by atoms with E-state index in [0.717, 1.165) is 18.4 Å². The molecule has 0 aromatic rings. The summed E-state index contributed by atoms with van der Waals surface area (Å²) in [6, 6.07) is 2.24. The molecule has 3 rings (SSSR count). The molecule has 2 aliphatic carbocycles. The molecule has 1 heterocycles. The zero-order valence-electron chi connectivity index (χ0n) is 11.4. The van der Waals surface area contributed by atoms with Crippen LogP contribution in [0.1, 0.15) is 38.5 Å². The zero-order valence-corrected chi connectivity index (χ0v) is 11.4. The molecule has 104 valence electrons. The van der Waals surface area contributed by atoms with Crippen LogP contribution in [-0.2, 0) is 9.53 Å². The van der Waals surface area contributed by atoms with Crippen LogP contribution in [0.4, 0.5) is 0 Å². The van der Waals surface area contributed by atoms with E-state index in [2.05, 4.69) is 11.4 Å². The number of nitrogens with one attached hydrogen (secondary N) is 1. The van der Waals surface area contributed by atoms with Crippen molar-refractivity contribution in [3.05, 3.63) is 0 Å². The molecular formula is C15H22N2O2. The lowest BCUT2D eigenvalue weighted by molar-refractivity contribution is -0.132. The second-order valence-corrected chi connectivity index (χ2v) is 6.36. The maximum atomic E-state index is 12.4. The first-order valence-corrected chi connectivity index (χ1v) is 7.52. The Hall–Kier alpha value is -1.08. The number of hydrogen-bond donors (Lipinski definition) is 1. The van der Waals surface area contributed by atoms with Crippen LogP contribution in [0.3, 0.4) is 0 Å². The Labute approximate surface area is 114 Å². The second-order valence-electron chi connectivity index (χ2n) is 6.36. The number of ether oxygens (including phenoxy) is 1. The first-order chi connectivity index (χ1) is 9.25. The van der Waals surface area contributed by atoms with Gasteiger partial charge in [0, 0.05) is 19.8 Å². The average Bonchev–Trinajstić information content (AvgIpc) is 3.32. The number of carbonyl (C=O) groups is 1. The van der Waals surface area contributed by atoms with Crippen LogP contribution in [0.5, 0.6) is 0 Å². The molecule has 0 atom stereocenters. The molecule has 4 nitrogen and oxygen atoms in total. The number of nitrogens with zero attached hydrogens (tertiary/aromatic N) is 1. The second kappa shape index (κ2) is 5.13. The van der Waals surface area contributed by atoms with Crippen LogP contribution in [0.25, 0.3) is 0 Å². The standard InChI is InChI=1S/C15H22N2O2/c16-10-15(5-7-19-8-6-15)14(18)17-9-13(11-1-2-11)12-3-4-12/h11-13H,1-9H2,(H,17,18). The van der Waals surface area contributed by atoms with Crippen LogP contribution in [-0.4, -0.2) is 25.7 Å². The van der Waals surface area contributed by atoms with Gasteiger partial charge in [0.1, 0.15) is 5.41 Å². The number of rotatable bonds is 5. The SMILES string of the molecule is N#CC1(C(=O)NCC(C2CC2)C2CC2)CCOCC1. The highest BCUT2D eigenvalue weighted by molar-refractivity contribution is 5.85. The summed E-state index contributed by atoms with van der Waals surface area (Å²) >= 11 is 0. The van der Waals surface area contributed by atoms with Crippen molar-refractivity contribution in [2.75, 3.05) is 19.8 Å². The summed E-state index contributed by atoms with van der Waals surface area (Å²) in [4.78, 5) is 12.4. The zero-order chi connectivity index (χ0) is 13.3. The summed E-state index contributed by atoms with van der Waals surface area (Å²) in [6.45, 7) is 1.82. The van der Waals surface area contributed by atoms with Gasteiger partial charge in [0.15, 0.2) is 0 Å². The molecule has 3 aliphatic rings. The number of amides is 1. The first-order valence-electron chi connectivity index (χ1n) is 7.52. The predicted octanol–water partition coefficient (Wildman–Crippen LogP) is 1.86. The third-order valence-corrected chi connectivity index (χ3v) is 4.95. The van der Waals surface area contributed by atoms with E-state index in [9.17, 15) is 10.1 Å². The minimum Gasteiger partial charge on any atom is -0.381 e. The van der Waals surface area contributed by atoms with E-state index in [1.54, 1.807) is 0 Å². The van der Waals surface area contributed by atoms with Gasteiger partial charge in [-0.15, -0.1) is 0 Å². The lowest BCUT2D eigenvalue weighted by atomic mass is 9.80. The van der Waals surface area contributed by atoms with Gasteiger partial charge in [-0.3, -0.25) is 4.79 Å². The van der Waals surface area contributed by atoms with Crippen LogP contribution >= 0.6 is 0 Å². The van der Waals surface area contributed by atoms with E-state index in [0.29, 0.717) is 32.0 Å². The highest BCUT2D eigenvalue weighted by Gasteiger charge is 2.44. The average molecular weight is 262 g/mol. The fraction of sp³-hybridized carbons (Fsp3) is 0.867. The van der Waals surface area contributed by atoms with E-state index in [1.165, 1.54) is 25.7 Å². The van der Waals surface area contributed by atoms with Gasteiger partial charge in [-0.05, 0) is 56.3 Å². The smallest absolute Gasteiger partial charge is 0.240 e. The van der Waals surface area contributed by atoms with E-state index in [1.807, 2.05) is 0 Å². The van der Waals surface area contributed by atoms with Crippen molar-refractivity contribution in [1.82, 2.24) is 5.32 Å². The van der Waals surface area contributed by atoms with Gasteiger partial charge in [0.2, 0.25) is 5.91 Å². The van der Waals surface area contributed by atoms with Crippen molar-refractivity contribution in [3.63, 3.8) is 0 Å². The van der Waals surface area contributed by atoms with Gasteiger partial charge < -0.3 is 10.1 Å². The van der Waals surface area contributed by atoms with Crippen molar-refractivity contribution < 1.29 is 9.53 Å². The summed E-state index contributed by atoms with van der Waals surface area (Å²) in [6.07, 6.45) is 6.38. The molecule has 1 saturated heterocycles. The van der Waals surface area contributed by atoms with Crippen LogP contribution in [0.15, 0.2) is 0 Å². The largest absolute Gasteiger partial charge is 0.381 e. The minimum absolute atomic E-state index is 0.0652. The van der Waals surface area contributed by atoms with Gasteiger partial charge in [0.05, 0.1) is 6.07 Å². The topological polar surface area (TPSA) is 62.1 Å². The normalized spacial score (nSPS) is 25.9. The molecule has 19 heavy (non-hydrogen) atoms. The number of carbonyl (C=O) groups excluding carboxylic acids is 1. The Morgan fingerprint density at radius 3 is 2.32 bits per heavy atom. The fourth-order valence-electron chi connectivity index (χ4n) is 3.26. The predicted molar refractivity (Wildman–Crippen MR) is 70.0 cm³/mol. The van der Waals surface area contributed by atoms with Gasteiger partial charge in [-0.25, -0.2) is 0 Å². The monoisotopic (exact) mass is 262 g/mol. The van der Waals surface area contributed by atoms with Crippen molar-refractivity contribution >= 4 is 5.91 Å². The number of hydrogen-bond acceptors (Lipinski definition) is 3. The summed E-state index contributed by atoms with van der Waals surface area (Å²) in [5.74, 6) is 2.27. The molecule has 0 bridgehead atoms. The molecule has 4 heteroatoms. The lowest BCUT2D eigenvalue weighted by Crippen LogP contribution is -2.45. The van der Waals surface area contributed by atoms with E-state index < -0.39 is 5.41 Å². The van der Waals surface area contributed by atoms with Gasteiger partial charge in [-0.2, -0.15) is 5.26 Å². The summed E-state index contributed by atoms with van der Waals surface area (Å²) in [7, 11) is 0. The lowest BCUT2D eigenvalue weighted by Gasteiger charge is -2.30. The molecule has 0 unspecified atom stereocenters. The Balaban J connectivity index is 1.56. The maximum absolute atomic E-state index is 12.4. The quantitative estimate of drug-likeness (QED) is 0.822. The molecule has 3 fully saturated rings. The fourth-order valence-corrected chi connectivity index (χ4v) is 3.26. The van der Waals surface area contributed by atoms with Gasteiger partial charge in [-0.1, -0.05) is 0 Å². The first kappa shape index (κ1) is 12.9. The number of nitriles is 1. The Morgan fingerprint density at radius 2 is 1.84 bits per heavy atom. The molecule has 0 aromatic carbocycles. The molecule has 0 radical (unpaired) electrons. The summed E-state index contributed by atoms with van der Waals surface area (Å²) in [5.41, 5.74) is -0.837. The molecule has 0 spiro atoms. The van der Waals surface area contributed by atoms with Crippen LogP contribution < -0.4 is 5.32 Å². The maximum Gasteiger partial charge on any atom is 0.240 e. The Kier molecular flexibility index (Phi) is 3.49. The summed E-state index contributed by atoms with van der Waals surface area (Å²) < 4.78 is 5.27. The minimum atomic E-state index is -0.837. The Bertz CT molecular complexity index is 375. The molecule has 1 N–H and O–H groups in total. The van der Waals surface area contributed by atoms with E-state index in [4.69, 9.17) is 4.74 Å².